The maximum absolute atomic E-state index is 13.8. The molecule has 116 valence electrons. The van der Waals surface area contributed by atoms with Crippen molar-refractivity contribution in [1.82, 2.24) is 9.88 Å². The van der Waals surface area contributed by atoms with E-state index >= 15 is 0 Å². The maximum Gasteiger partial charge on any atom is 0.270 e. The highest BCUT2D eigenvalue weighted by Crippen LogP contribution is 2.30. The predicted octanol–water partition coefficient (Wildman–Crippen LogP) is 3.09. The normalized spacial score (nSPS) is 25.2. The second kappa shape index (κ2) is 5.39. The van der Waals surface area contributed by atoms with E-state index in [1.807, 2.05) is 4.90 Å². The van der Waals surface area contributed by atoms with Crippen LogP contribution in [0.3, 0.4) is 0 Å². The highest BCUT2D eigenvalue weighted by atomic mass is 19.1. The van der Waals surface area contributed by atoms with Crippen LogP contribution in [0.2, 0.25) is 0 Å². The lowest BCUT2D eigenvalue weighted by Crippen LogP contribution is -2.54. The average molecular weight is 302 g/mol. The van der Waals surface area contributed by atoms with Gasteiger partial charge in [0.15, 0.2) is 0 Å². The van der Waals surface area contributed by atoms with Crippen LogP contribution in [0, 0.1) is 5.82 Å². The van der Waals surface area contributed by atoms with Crippen molar-refractivity contribution in [3.8, 4) is 0 Å². The van der Waals surface area contributed by atoms with E-state index in [0.29, 0.717) is 29.7 Å². The Morgan fingerprint density at radius 1 is 1.32 bits per heavy atom. The van der Waals surface area contributed by atoms with Crippen molar-refractivity contribution in [3.63, 3.8) is 0 Å². The molecule has 1 saturated heterocycles. The molecule has 5 heteroatoms. The Morgan fingerprint density at radius 2 is 2.18 bits per heavy atom. The number of nitrogens with one attached hydrogen (secondary N) is 1. The SMILES string of the molecule is O=C(c1cc2c(F)cccc2[nH]1)N1CCOC2CCCCC21. The Labute approximate surface area is 128 Å². The highest BCUT2D eigenvalue weighted by molar-refractivity contribution is 5.98. The molecule has 1 amide bonds. The van der Waals surface area contributed by atoms with Crippen LogP contribution < -0.4 is 0 Å². The number of hydrogen-bond donors (Lipinski definition) is 1. The van der Waals surface area contributed by atoms with Gasteiger partial charge in [0, 0.05) is 17.4 Å². The topological polar surface area (TPSA) is 45.3 Å². The van der Waals surface area contributed by atoms with Crippen molar-refractivity contribution >= 4 is 16.8 Å². The maximum atomic E-state index is 13.8. The zero-order chi connectivity index (χ0) is 15.1. The van der Waals surface area contributed by atoms with E-state index in [-0.39, 0.29) is 23.9 Å². The number of hydrogen-bond acceptors (Lipinski definition) is 2. The monoisotopic (exact) mass is 302 g/mol. The summed E-state index contributed by atoms with van der Waals surface area (Å²) in [7, 11) is 0. The summed E-state index contributed by atoms with van der Waals surface area (Å²) in [5, 5.41) is 0.472. The number of H-pyrrole nitrogens is 1. The van der Waals surface area contributed by atoms with Crippen LogP contribution in [0.1, 0.15) is 36.2 Å². The van der Waals surface area contributed by atoms with E-state index in [2.05, 4.69) is 4.98 Å². The largest absolute Gasteiger partial charge is 0.374 e. The van der Waals surface area contributed by atoms with Gasteiger partial charge >= 0.3 is 0 Å². The van der Waals surface area contributed by atoms with Gasteiger partial charge in [-0.25, -0.2) is 4.39 Å². The molecule has 1 N–H and O–H groups in total. The van der Waals surface area contributed by atoms with Crippen molar-refractivity contribution in [2.24, 2.45) is 0 Å². The van der Waals surface area contributed by atoms with Crippen LogP contribution in [0.5, 0.6) is 0 Å². The van der Waals surface area contributed by atoms with Gasteiger partial charge in [-0.05, 0) is 31.0 Å². The Hall–Kier alpha value is -1.88. The predicted molar refractivity (Wildman–Crippen MR) is 81.3 cm³/mol. The lowest BCUT2D eigenvalue weighted by Gasteiger charge is -2.43. The number of carbonyl (C=O) groups is 1. The zero-order valence-electron chi connectivity index (χ0n) is 12.3. The molecular weight excluding hydrogens is 283 g/mol. The summed E-state index contributed by atoms with van der Waals surface area (Å²) in [6.45, 7) is 1.19. The van der Waals surface area contributed by atoms with E-state index in [1.54, 1.807) is 18.2 Å². The third-order valence-electron chi connectivity index (χ3n) is 4.83. The Balaban J connectivity index is 1.65. The molecule has 2 fully saturated rings. The molecule has 0 spiro atoms. The number of fused-ring (bicyclic) bond motifs is 2. The molecule has 2 aromatic rings. The molecule has 1 aromatic carbocycles. The van der Waals surface area contributed by atoms with Crippen LogP contribution in [-0.4, -0.2) is 41.1 Å². The molecule has 0 bridgehead atoms. The minimum absolute atomic E-state index is 0.0456. The third kappa shape index (κ3) is 2.20. The fraction of sp³-hybridized carbons (Fsp3) is 0.471. The average Bonchev–Trinajstić information content (AvgIpc) is 2.99. The van der Waals surface area contributed by atoms with Gasteiger partial charge in [-0.2, -0.15) is 0 Å². The molecule has 2 unspecified atom stereocenters. The van der Waals surface area contributed by atoms with E-state index in [1.165, 1.54) is 12.5 Å². The quantitative estimate of drug-likeness (QED) is 0.880. The highest BCUT2D eigenvalue weighted by Gasteiger charge is 2.37. The summed E-state index contributed by atoms with van der Waals surface area (Å²) >= 11 is 0. The molecule has 1 aliphatic carbocycles. The second-order valence-electron chi connectivity index (χ2n) is 6.14. The number of carbonyl (C=O) groups excluding carboxylic acids is 1. The lowest BCUT2D eigenvalue weighted by molar-refractivity contribution is -0.0754. The minimum atomic E-state index is -0.301. The first kappa shape index (κ1) is 13.8. The van der Waals surface area contributed by atoms with E-state index in [4.69, 9.17) is 4.74 Å². The Morgan fingerprint density at radius 3 is 3.05 bits per heavy atom. The summed E-state index contributed by atoms with van der Waals surface area (Å²) in [4.78, 5) is 17.8. The number of rotatable bonds is 1. The summed E-state index contributed by atoms with van der Waals surface area (Å²) < 4.78 is 19.6. The van der Waals surface area contributed by atoms with E-state index < -0.39 is 0 Å². The minimum Gasteiger partial charge on any atom is -0.374 e. The molecule has 1 saturated carbocycles. The van der Waals surface area contributed by atoms with Gasteiger partial charge < -0.3 is 14.6 Å². The number of amides is 1. The summed E-state index contributed by atoms with van der Waals surface area (Å²) in [5.74, 6) is -0.346. The molecule has 2 aliphatic rings. The number of nitrogens with zero attached hydrogens (tertiary/aromatic N) is 1. The van der Waals surface area contributed by atoms with Crippen LogP contribution >= 0.6 is 0 Å². The zero-order valence-corrected chi connectivity index (χ0v) is 12.3. The lowest BCUT2D eigenvalue weighted by atomic mass is 9.90. The van der Waals surface area contributed by atoms with Crippen molar-refractivity contribution < 1.29 is 13.9 Å². The number of morpholine rings is 1. The van der Waals surface area contributed by atoms with Gasteiger partial charge in [0.25, 0.3) is 5.91 Å². The number of aromatic amines is 1. The van der Waals surface area contributed by atoms with Gasteiger partial charge in [-0.1, -0.05) is 18.9 Å². The number of halogens is 1. The van der Waals surface area contributed by atoms with Gasteiger partial charge in [-0.3, -0.25) is 4.79 Å². The first-order valence-electron chi connectivity index (χ1n) is 7.94. The summed E-state index contributed by atoms with van der Waals surface area (Å²) in [6.07, 6.45) is 4.48. The van der Waals surface area contributed by atoms with Crippen molar-refractivity contribution in [2.45, 2.75) is 37.8 Å². The van der Waals surface area contributed by atoms with Crippen LogP contribution in [0.4, 0.5) is 4.39 Å². The number of ether oxygens (including phenoxy) is 1. The molecule has 0 radical (unpaired) electrons. The van der Waals surface area contributed by atoms with Crippen molar-refractivity contribution in [1.29, 1.82) is 0 Å². The standard InChI is InChI=1S/C17H19FN2O2/c18-12-4-3-5-13-11(12)10-14(19-13)17(21)20-8-9-22-16-7-2-1-6-15(16)20/h3-5,10,15-16,19H,1-2,6-9H2. The molecule has 2 heterocycles. The molecule has 22 heavy (non-hydrogen) atoms. The first-order valence-corrected chi connectivity index (χ1v) is 7.94. The number of benzene rings is 1. The van der Waals surface area contributed by atoms with Crippen LogP contribution in [-0.2, 0) is 4.74 Å². The Kier molecular flexibility index (Phi) is 3.37. The van der Waals surface area contributed by atoms with E-state index in [0.717, 1.165) is 19.3 Å². The van der Waals surface area contributed by atoms with Crippen LogP contribution in [0.25, 0.3) is 10.9 Å². The molecular formula is C17H19FN2O2. The van der Waals surface area contributed by atoms with Gasteiger partial charge in [0.2, 0.25) is 0 Å². The fourth-order valence-electron chi connectivity index (χ4n) is 3.74. The molecule has 1 aromatic heterocycles. The smallest absolute Gasteiger partial charge is 0.270 e. The van der Waals surface area contributed by atoms with Crippen LogP contribution in [0.15, 0.2) is 24.3 Å². The van der Waals surface area contributed by atoms with Crippen molar-refractivity contribution in [2.75, 3.05) is 13.2 Å². The van der Waals surface area contributed by atoms with Gasteiger partial charge in [0.1, 0.15) is 11.5 Å². The van der Waals surface area contributed by atoms with E-state index in [9.17, 15) is 9.18 Å². The fourth-order valence-corrected chi connectivity index (χ4v) is 3.74. The molecule has 4 nitrogen and oxygen atoms in total. The Bertz CT molecular complexity index is 710. The molecule has 1 aliphatic heterocycles. The number of aromatic nitrogens is 1. The summed E-state index contributed by atoms with van der Waals surface area (Å²) in [5.41, 5.74) is 1.13. The van der Waals surface area contributed by atoms with Gasteiger partial charge in [-0.15, -0.1) is 0 Å². The summed E-state index contributed by atoms with van der Waals surface area (Å²) in [6, 6.07) is 6.63. The van der Waals surface area contributed by atoms with Gasteiger partial charge in [0.05, 0.1) is 18.8 Å². The second-order valence-corrected chi connectivity index (χ2v) is 6.14. The first-order chi connectivity index (χ1) is 10.7. The molecule has 2 atom stereocenters. The third-order valence-corrected chi connectivity index (χ3v) is 4.83. The molecule has 4 rings (SSSR count). The van der Waals surface area contributed by atoms with Crippen molar-refractivity contribution in [3.05, 3.63) is 35.8 Å².